The number of amides is 2. The summed E-state index contributed by atoms with van der Waals surface area (Å²) in [6.07, 6.45) is 3.71. The fraction of sp³-hybridized carbons (Fsp3) is 0.423. The van der Waals surface area contributed by atoms with Gasteiger partial charge < -0.3 is 20.3 Å². The number of nitrogens with zero attached hydrogens (tertiary/aromatic N) is 2. The van der Waals surface area contributed by atoms with Crippen LogP contribution in [-0.2, 0) is 16.1 Å². The van der Waals surface area contributed by atoms with E-state index < -0.39 is 18.0 Å². The molecular weight excluding hydrogens is 466 g/mol. The lowest BCUT2D eigenvalue weighted by atomic mass is 10.0. The molecular formula is C26H34ClN5O3. The molecule has 0 aliphatic carbocycles. The quantitative estimate of drug-likeness (QED) is 0.294. The van der Waals surface area contributed by atoms with Crippen molar-refractivity contribution < 1.29 is 14.3 Å². The number of halogens is 1. The molecule has 0 radical (unpaired) electrons. The summed E-state index contributed by atoms with van der Waals surface area (Å²) in [7, 11) is 1.33. The number of piperidine rings is 1. The second kappa shape index (κ2) is 13.0. The summed E-state index contributed by atoms with van der Waals surface area (Å²) in [6, 6.07) is 14.5. The maximum Gasteiger partial charge on any atom is 0.321 e. The minimum atomic E-state index is -0.490. The Morgan fingerprint density at radius 2 is 1.69 bits per heavy atom. The van der Waals surface area contributed by atoms with E-state index in [1.807, 2.05) is 36.4 Å². The number of esters is 1. The van der Waals surface area contributed by atoms with E-state index in [1.54, 1.807) is 13.8 Å². The number of benzene rings is 2. The van der Waals surface area contributed by atoms with Crippen LogP contribution < -0.4 is 20.9 Å². The van der Waals surface area contributed by atoms with Gasteiger partial charge in [0.25, 0.3) is 0 Å². The van der Waals surface area contributed by atoms with E-state index in [1.165, 1.54) is 32.1 Å². The van der Waals surface area contributed by atoms with Gasteiger partial charge in [0.05, 0.1) is 18.7 Å². The number of aliphatic imine (C=N–C) groups is 1. The molecule has 0 spiro atoms. The van der Waals surface area contributed by atoms with Gasteiger partial charge in [-0.3, -0.25) is 10.1 Å². The number of rotatable bonds is 7. The monoisotopic (exact) mass is 499 g/mol. The topological polar surface area (TPSA) is 95.1 Å². The molecule has 2 aromatic rings. The molecule has 0 aromatic heterocycles. The van der Waals surface area contributed by atoms with Gasteiger partial charge >= 0.3 is 12.0 Å². The van der Waals surface area contributed by atoms with Crippen molar-refractivity contribution in [1.29, 1.82) is 0 Å². The summed E-state index contributed by atoms with van der Waals surface area (Å²) in [5.74, 6) is -0.585. The van der Waals surface area contributed by atoms with E-state index >= 15 is 0 Å². The zero-order chi connectivity index (χ0) is 25.2. The van der Waals surface area contributed by atoms with Crippen molar-refractivity contribution in [3.63, 3.8) is 0 Å². The maximum atomic E-state index is 12.7. The molecule has 2 atom stereocenters. The number of hydrogen-bond acceptors (Lipinski definition) is 5. The van der Waals surface area contributed by atoms with E-state index in [9.17, 15) is 9.59 Å². The van der Waals surface area contributed by atoms with E-state index in [0.29, 0.717) is 23.2 Å². The Hall–Kier alpha value is -3.26. The van der Waals surface area contributed by atoms with Crippen molar-refractivity contribution >= 4 is 40.9 Å². The smallest absolute Gasteiger partial charge is 0.321 e. The van der Waals surface area contributed by atoms with Gasteiger partial charge in [-0.2, -0.15) is 0 Å². The summed E-state index contributed by atoms with van der Waals surface area (Å²) in [5.41, 5.74) is 2.87. The first-order valence-corrected chi connectivity index (χ1v) is 12.3. The van der Waals surface area contributed by atoms with Gasteiger partial charge in [-0.25, -0.2) is 9.79 Å². The van der Waals surface area contributed by atoms with Crippen LogP contribution in [0.1, 0.15) is 38.7 Å². The third kappa shape index (κ3) is 8.17. The van der Waals surface area contributed by atoms with Crippen LogP contribution in [0.4, 0.5) is 16.2 Å². The second-order valence-corrected chi connectivity index (χ2v) is 9.14. The van der Waals surface area contributed by atoms with Crippen LogP contribution in [0.3, 0.4) is 0 Å². The molecule has 3 N–H and O–H groups in total. The normalized spacial score (nSPS) is 15.7. The van der Waals surface area contributed by atoms with E-state index in [2.05, 4.69) is 38.0 Å². The molecule has 188 valence electrons. The van der Waals surface area contributed by atoms with Crippen molar-refractivity contribution in [2.45, 2.75) is 45.7 Å². The SMILES string of the molecule is COC(=O)[C@@H](C)[C@@H](C)NC(=O)N/C(=N\c1ccc(N2CCCCC2)cc1)NCc1ccc(Cl)cc1. The van der Waals surface area contributed by atoms with Gasteiger partial charge in [0.1, 0.15) is 0 Å². The van der Waals surface area contributed by atoms with Gasteiger partial charge in [-0.1, -0.05) is 23.7 Å². The van der Waals surface area contributed by atoms with E-state index in [-0.39, 0.29) is 5.97 Å². The molecule has 0 saturated carbocycles. The average molecular weight is 500 g/mol. The molecule has 2 amide bonds. The minimum Gasteiger partial charge on any atom is -0.469 e. The van der Waals surface area contributed by atoms with Gasteiger partial charge in [0, 0.05) is 36.4 Å². The highest BCUT2D eigenvalue weighted by molar-refractivity contribution is 6.30. The summed E-state index contributed by atoms with van der Waals surface area (Å²) >= 11 is 5.98. The third-order valence-electron chi connectivity index (χ3n) is 6.10. The number of carbonyl (C=O) groups excluding carboxylic acids is 2. The predicted molar refractivity (Wildman–Crippen MR) is 140 cm³/mol. The standard InChI is InChI=1S/C26H34ClN5O3/c1-18(24(33)35-3)19(2)29-26(34)31-25(28-17-20-7-9-21(27)10-8-20)30-22-11-13-23(14-12-22)32-15-5-4-6-16-32/h7-14,18-19H,4-6,15-17H2,1-3H3,(H3,28,29,30,31,34)/t18-,19+/m0/s1. The summed E-state index contributed by atoms with van der Waals surface area (Å²) in [5, 5.41) is 9.38. The van der Waals surface area contributed by atoms with Crippen LogP contribution in [0.25, 0.3) is 0 Å². The molecule has 1 saturated heterocycles. The zero-order valence-corrected chi connectivity index (χ0v) is 21.3. The van der Waals surface area contributed by atoms with Crippen molar-refractivity contribution in [2.75, 3.05) is 25.1 Å². The van der Waals surface area contributed by atoms with Crippen LogP contribution >= 0.6 is 11.6 Å². The summed E-state index contributed by atoms with van der Waals surface area (Å²) < 4.78 is 4.76. The second-order valence-electron chi connectivity index (χ2n) is 8.70. The lowest BCUT2D eigenvalue weighted by molar-refractivity contribution is -0.145. The molecule has 8 nitrogen and oxygen atoms in total. The van der Waals surface area contributed by atoms with Crippen LogP contribution in [0.15, 0.2) is 53.5 Å². The number of anilines is 1. The van der Waals surface area contributed by atoms with Gasteiger partial charge in [-0.15, -0.1) is 0 Å². The van der Waals surface area contributed by atoms with Crippen molar-refractivity contribution in [1.82, 2.24) is 16.0 Å². The van der Waals surface area contributed by atoms with Crippen LogP contribution in [0.5, 0.6) is 0 Å². The molecule has 1 fully saturated rings. The first-order valence-electron chi connectivity index (χ1n) is 11.9. The number of hydrogen-bond donors (Lipinski definition) is 3. The van der Waals surface area contributed by atoms with Crippen molar-refractivity contribution in [3.8, 4) is 0 Å². The average Bonchev–Trinajstić information content (AvgIpc) is 2.88. The fourth-order valence-electron chi connectivity index (χ4n) is 3.78. The highest BCUT2D eigenvalue weighted by atomic mass is 35.5. The first-order chi connectivity index (χ1) is 16.9. The highest BCUT2D eigenvalue weighted by Crippen LogP contribution is 2.23. The van der Waals surface area contributed by atoms with E-state index in [0.717, 1.165) is 18.7 Å². The molecule has 0 unspecified atom stereocenters. The van der Waals surface area contributed by atoms with Crippen LogP contribution in [0.2, 0.25) is 5.02 Å². The minimum absolute atomic E-state index is 0.293. The van der Waals surface area contributed by atoms with Crippen molar-refractivity contribution in [3.05, 3.63) is 59.1 Å². The Kier molecular flexibility index (Phi) is 9.78. The Bertz CT molecular complexity index is 1000. The number of methoxy groups -OCH3 is 1. The Labute approximate surface area is 212 Å². The van der Waals surface area contributed by atoms with Crippen LogP contribution in [0, 0.1) is 5.92 Å². The summed E-state index contributed by atoms with van der Waals surface area (Å²) in [6.45, 7) is 6.03. The Morgan fingerprint density at radius 3 is 2.31 bits per heavy atom. The number of nitrogens with one attached hydrogen (secondary N) is 3. The number of ether oxygens (including phenoxy) is 1. The molecule has 1 aliphatic heterocycles. The highest BCUT2D eigenvalue weighted by Gasteiger charge is 2.22. The molecule has 3 rings (SSSR count). The van der Waals surface area contributed by atoms with Gasteiger partial charge in [-0.05, 0) is 75.1 Å². The molecule has 2 aromatic carbocycles. The third-order valence-corrected chi connectivity index (χ3v) is 6.35. The first kappa shape index (κ1) is 26.3. The summed E-state index contributed by atoms with van der Waals surface area (Å²) in [4.78, 5) is 31.4. The molecule has 1 aliphatic rings. The van der Waals surface area contributed by atoms with Gasteiger partial charge in [0.2, 0.25) is 5.96 Å². The van der Waals surface area contributed by atoms with Crippen molar-refractivity contribution in [2.24, 2.45) is 10.9 Å². The molecule has 9 heteroatoms. The zero-order valence-electron chi connectivity index (χ0n) is 20.5. The Balaban J connectivity index is 1.71. The lowest BCUT2D eigenvalue weighted by Gasteiger charge is -2.28. The van der Waals surface area contributed by atoms with Crippen LogP contribution in [-0.4, -0.2) is 44.2 Å². The molecule has 1 heterocycles. The number of urea groups is 1. The number of carbonyl (C=O) groups is 2. The van der Waals surface area contributed by atoms with E-state index in [4.69, 9.17) is 16.3 Å². The predicted octanol–water partition coefficient (Wildman–Crippen LogP) is 4.60. The Morgan fingerprint density at radius 1 is 1.03 bits per heavy atom. The maximum absolute atomic E-state index is 12.7. The molecule has 35 heavy (non-hydrogen) atoms. The largest absolute Gasteiger partial charge is 0.469 e. The number of guanidine groups is 1. The lowest BCUT2D eigenvalue weighted by Crippen LogP contribution is -2.50. The molecule has 0 bridgehead atoms. The van der Waals surface area contributed by atoms with Gasteiger partial charge in [0.15, 0.2) is 0 Å². The fourth-order valence-corrected chi connectivity index (χ4v) is 3.91.